The highest BCUT2D eigenvalue weighted by molar-refractivity contribution is 7.91. The highest BCUT2D eigenvalue weighted by Gasteiger charge is 2.27. The minimum atomic E-state index is -2.85. The summed E-state index contributed by atoms with van der Waals surface area (Å²) in [6.45, 7) is 0. The molecule has 0 bridgehead atoms. The number of anilines is 1. The second-order valence-corrected chi connectivity index (χ2v) is 7.02. The minimum absolute atomic E-state index is 0.0158. The lowest BCUT2D eigenvalue weighted by molar-refractivity contribution is 0.602. The number of H-pyrrole nitrogens is 1. The average Bonchev–Trinajstić information content (AvgIpc) is 2.99. The van der Waals surface area contributed by atoms with Crippen molar-refractivity contribution >= 4 is 15.5 Å². The maximum Gasteiger partial charge on any atom is 0.152 e. The number of aromatic nitrogens is 2. The molecule has 1 atom stereocenters. The van der Waals surface area contributed by atoms with Crippen LogP contribution in [-0.4, -0.2) is 36.2 Å². The molecular formula is C13H15N3O2S. The molecule has 2 heterocycles. The van der Waals surface area contributed by atoms with E-state index in [1.807, 2.05) is 30.3 Å². The van der Waals surface area contributed by atoms with Crippen LogP contribution < -0.4 is 5.32 Å². The summed E-state index contributed by atoms with van der Waals surface area (Å²) in [4.78, 5) is 0. The zero-order valence-electron chi connectivity index (χ0n) is 10.3. The SMILES string of the molecule is O=S1(=O)CCC(Nc2cccc(-c3ccn[nH]3)c2)C1. The molecule has 2 aromatic rings. The summed E-state index contributed by atoms with van der Waals surface area (Å²) in [6, 6.07) is 9.80. The van der Waals surface area contributed by atoms with Gasteiger partial charge >= 0.3 is 0 Å². The van der Waals surface area contributed by atoms with Crippen molar-refractivity contribution in [2.75, 3.05) is 16.8 Å². The molecule has 0 radical (unpaired) electrons. The molecule has 1 saturated heterocycles. The van der Waals surface area contributed by atoms with Gasteiger partial charge in [0.25, 0.3) is 0 Å². The van der Waals surface area contributed by atoms with Crippen molar-refractivity contribution in [2.45, 2.75) is 12.5 Å². The lowest BCUT2D eigenvalue weighted by Crippen LogP contribution is -2.20. The Morgan fingerprint density at radius 2 is 2.21 bits per heavy atom. The second kappa shape index (κ2) is 4.70. The maximum atomic E-state index is 11.4. The van der Waals surface area contributed by atoms with Crippen molar-refractivity contribution in [1.82, 2.24) is 10.2 Å². The van der Waals surface area contributed by atoms with Crippen molar-refractivity contribution in [3.8, 4) is 11.3 Å². The number of sulfone groups is 1. The van der Waals surface area contributed by atoms with Gasteiger partial charge in [0, 0.05) is 23.5 Å². The third-order valence-corrected chi connectivity index (χ3v) is 5.05. The third kappa shape index (κ3) is 2.78. The molecule has 100 valence electrons. The van der Waals surface area contributed by atoms with Crippen molar-refractivity contribution in [2.24, 2.45) is 0 Å². The lowest BCUT2D eigenvalue weighted by atomic mass is 10.1. The van der Waals surface area contributed by atoms with Crippen LogP contribution in [0.15, 0.2) is 36.5 Å². The van der Waals surface area contributed by atoms with Crippen LogP contribution in [0.3, 0.4) is 0 Å². The van der Waals surface area contributed by atoms with Crippen LogP contribution in [0.5, 0.6) is 0 Å². The van der Waals surface area contributed by atoms with Gasteiger partial charge in [-0.2, -0.15) is 5.10 Å². The summed E-state index contributed by atoms with van der Waals surface area (Å²) in [6.07, 6.45) is 2.38. The Hall–Kier alpha value is -1.82. The fraction of sp³-hybridized carbons (Fsp3) is 0.308. The summed E-state index contributed by atoms with van der Waals surface area (Å²) in [7, 11) is -2.85. The number of hydrogen-bond acceptors (Lipinski definition) is 4. The normalized spacial score (nSPS) is 21.4. The van der Waals surface area contributed by atoms with Gasteiger partial charge in [0.2, 0.25) is 0 Å². The molecule has 2 N–H and O–H groups in total. The fourth-order valence-corrected chi connectivity index (χ4v) is 4.01. The minimum Gasteiger partial charge on any atom is -0.381 e. The summed E-state index contributed by atoms with van der Waals surface area (Å²) >= 11 is 0. The predicted molar refractivity (Wildman–Crippen MR) is 74.7 cm³/mol. The Kier molecular flexibility index (Phi) is 3.02. The van der Waals surface area contributed by atoms with Crippen LogP contribution in [0, 0.1) is 0 Å². The van der Waals surface area contributed by atoms with Gasteiger partial charge in [0.15, 0.2) is 9.84 Å². The lowest BCUT2D eigenvalue weighted by Gasteiger charge is -2.13. The first-order valence-electron chi connectivity index (χ1n) is 6.19. The summed E-state index contributed by atoms with van der Waals surface area (Å²) < 4.78 is 22.9. The van der Waals surface area contributed by atoms with E-state index in [9.17, 15) is 8.42 Å². The van der Waals surface area contributed by atoms with Gasteiger partial charge in [-0.15, -0.1) is 0 Å². The molecule has 5 nitrogen and oxygen atoms in total. The van der Waals surface area contributed by atoms with Gasteiger partial charge in [-0.1, -0.05) is 12.1 Å². The first-order valence-corrected chi connectivity index (χ1v) is 8.01. The Balaban J connectivity index is 1.77. The molecule has 1 aliphatic rings. The summed E-state index contributed by atoms with van der Waals surface area (Å²) in [5.74, 6) is 0.506. The molecule has 3 rings (SSSR count). The number of nitrogens with zero attached hydrogens (tertiary/aromatic N) is 1. The molecule has 1 unspecified atom stereocenters. The molecule has 0 aliphatic carbocycles. The molecule has 1 fully saturated rings. The number of nitrogens with one attached hydrogen (secondary N) is 2. The smallest absolute Gasteiger partial charge is 0.152 e. The zero-order chi connectivity index (χ0) is 13.3. The third-order valence-electron chi connectivity index (χ3n) is 3.28. The topological polar surface area (TPSA) is 74.8 Å². The van der Waals surface area contributed by atoms with Gasteiger partial charge in [0.05, 0.1) is 17.2 Å². The molecule has 19 heavy (non-hydrogen) atoms. The zero-order valence-corrected chi connectivity index (χ0v) is 11.2. The molecule has 0 spiro atoms. The van der Waals surface area contributed by atoms with E-state index in [0.717, 1.165) is 16.9 Å². The van der Waals surface area contributed by atoms with E-state index >= 15 is 0 Å². The van der Waals surface area contributed by atoms with Crippen molar-refractivity contribution in [3.63, 3.8) is 0 Å². The van der Waals surface area contributed by atoms with Crippen LogP contribution in [0.25, 0.3) is 11.3 Å². The van der Waals surface area contributed by atoms with Crippen molar-refractivity contribution in [3.05, 3.63) is 36.5 Å². The number of rotatable bonds is 3. The summed E-state index contributed by atoms with van der Waals surface area (Å²) in [5.41, 5.74) is 2.92. The first kappa shape index (κ1) is 12.2. The largest absolute Gasteiger partial charge is 0.381 e. The number of aromatic amines is 1. The highest BCUT2D eigenvalue weighted by atomic mass is 32.2. The standard InChI is InChI=1S/C13H15N3O2S/c17-19(18)7-5-12(9-19)15-11-3-1-2-10(8-11)13-4-6-14-16-13/h1-4,6,8,12,15H,5,7,9H2,(H,14,16). The Labute approximate surface area is 112 Å². The van der Waals surface area contributed by atoms with Gasteiger partial charge in [0.1, 0.15) is 0 Å². The molecule has 1 aromatic carbocycles. The molecule has 6 heteroatoms. The molecule has 0 amide bonds. The molecular weight excluding hydrogens is 262 g/mol. The number of hydrogen-bond donors (Lipinski definition) is 2. The van der Waals surface area contributed by atoms with Crippen LogP contribution in [0.2, 0.25) is 0 Å². The van der Waals surface area contributed by atoms with Crippen molar-refractivity contribution in [1.29, 1.82) is 0 Å². The maximum absolute atomic E-state index is 11.4. The van der Waals surface area contributed by atoms with Crippen LogP contribution >= 0.6 is 0 Å². The number of benzene rings is 1. The van der Waals surface area contributed by atoms with Gasteiger partial charge in [-0.05, 0) is 24.6 Å². The highest BCUT2D eigenvalue weighted by Crippen LogP contribution is 2.23. The Morgan fingerprint density at radius 1 is 1.32 bits per heavy atom. The van der Waals surface area contributed by atoms with E-state index in [0.29, 0.717) is 6.42 Å². The van der Waals surface area contributed by atoms with E-state index in [2.05, 4.69) is 15.5 Å². The predicted octanol–water partition coefficient (Wildman–Crippen LogP) is 1.68. The summed E-state index contributed by atoms with van der Waals surface area (Å²) in [5, 5.41) is 10.1. The quantitative estimate of drug-likeness (QED) is 0.895. The molecule has 0 saturated carbocycles. The van der Waals surface area contributed by atoms with Crippen molar-refractivity contribution < 1.29 is 8.42 Å². The Morgan fingerprint density at radius 3 is 2.89 bits per heavy atom. The average molecular weight is 277 g/mol. The van der Waals surface area contributed by atoms with Gasteiger partial charge in [-0.25, -0.2) is 8.42 Å². The van der Waals surface area contributed by atoms with Crippen LogP contribution in [0.4, 0.5) is 5.69 Å². The van der Waals surface area contributed by atoms with E-state index in [1.165, 1.54) is 0 Å². The van der Waals surface area contributed by atoms with Gasteiger partial charge < -0.3 is 5.32 Å². The van der Waals surface area contributed by atoms with E-state index in [4.69, 9.17) is 0 Å². The fourth-order valence-electron chi connectivity index (χ4n) is 2.34. The van der Waals surface area contributed by atoms with E-state index < -0.39 is 9.84 Å². The van der Waals surface area contributed by atoms with Crippen LogP contribution in [-0.2, 0) is 9.84 Å². The van der Waals surface area contributed by atoms with Gasteiger partial charge in [-0.3, -0.25) is 5.10 Å². The molecule has 1 aromatic heterocycles. The Bertz CT molecular complexity index is 665. The monoisotopic (exact) mass is 277 g/mol. The first-order chi connectivity index (χ1) is 9.12. The molecule has 1 aliphatic heterocycles. The van der Waals surface area contributed by atoms with E-state index in [1.54, 1.807) is 6.20 Å². The van der Waals surface area contributed by atoms with E-state index in [-0.39, 0.29) is 17.5 Å². The van der Waals surface area contributed by atoms with Crippen LogP contribution in [0.1, 0.15) is 6.42 Å². The second-order valence-electron chi connectivity index (χ2n) is 4.80.